The zero-order chi connectivity index (χ0) is 16.2. The predicted molar refractivity (Wildman–Crippen MR) is 85.6 cm³/mol. The van der Waals surface area contributed by atoms with Crippen LogP contribution in [0.4, 0.5) is 4.39 Å². The van der Waals surface area contributed by atoms with Gasteiger partial charge in [-0.2, -0.15) is 0 Å². The highest BCUT2D eigenvalue weighted by atomic mass is 19.1. The van der Waals surface area contributed by atoms with Gasteiger partial charge >= 0.3 is 0 Å². The number of hydrogen-bond donors (Lipinski definition) is 1. The highest BCUT2D eigenvalue weighted by Gasteiger charge is 2.35. The molecule has 126 valence electrons. The van der Waals surface area contributed by atoms with Crippen LogP contribution in [0, 0.1) is 5.82 Å². The molecular weight excluding hydrogens is 297 g/mol. The van der Waals surface area contributed by atoms with E-state index in [9.17, 15) is 9.18 Å². The summed E-state index contributed by atoms with van der Waals surface area (Å²) in [7, 11) is 1.83. The molecule has 0 bridgehead atoms. The van der Waals surface area contributed by atoms with Gasteiger partial charge in [-0.15, -0.1) is 0 Å². The van der Waals surface area contributed by atoms with E-state index >= 15 is 0 Å². The number of hydrogen-bond acceptors (Lipinski definition) is 4. The van der Waals surface area contributed by atoms with Crippen molar-refractivity contribution in [2.24, 2.45) is 0 Å². The first kappa shape index (κ1) is 16.4. The van der Waals surface area contributed by atoms with E-state index in [1.54, 1.807) is 23.1 Å². The van der Waals surface area contributed by atoms with Gasteiger partial charge in [0.2, 0.25) is 5.91 Å². The average molecular weight is 321 g/mol. The first-order chi connectivity index (χ1) is 11.2. The van der Waals surface area contributed by atoms with E-state index in [4.69, 9.17) is 4.74 Å². The number of morpholine rings is 1. The number of rotatable bonds is 4. The Morgan fingerprint density at radius 2 is 2.13 bits per heavy atom. The van der Waals surface area contributed by atoms with Crippen LogP contribution in [-0.4, -0.2) is 68.2 Å². The number of carbonyl (C=O) groups excluding carboxylic acids is 1. The second-order valence-corrected chi connectivity index (χ2v) is 6.17. The second-order valence-electron chi connectivity index (χ2n) is 6.17. The van der Waals surface area contributed by atoms with Gasteiger partial charge in [0, 0.05) is 38.3 Å². The van der Waals surface area contributed by atoms with Gasteiger partial charge in [0.1, 0.15) is 11.9 Å². The molecule has 2 saturated heterocycles. The third-order valence-electron chi connectivity index (χ3n) is 4.77. The molecular formula is C17H24FN3O2. The molecule has 23 heavy (non-hydrogen) atoms. The molecule has 1 amide bonds. The molecule has 0 spiro atoms. The predicted octanol–water partition coefficient (Wildman–Crippen LogP) is 1.02. The smallest absolute Gasteiger partial charge is 0.244 e. The number of benzene rings is 1. The van der Waals surface area contributed by atoms with Crippen molar-refractivity contribution in [2.75, 3.05) is 46.4 Å². The van der Waals surface area contributed by atoms with Crippen molar-refractivity contribution in [3.8, 4) is 0 Å². The first-order valence-corrected chi connectivity index (χ1v) is 8.22. The first-order valence-electron chi connectivity index (χ1n) is 8.22. The maximum atomic E-state index is 14.4. The molecule has 0 unspecified atom stereocenters. The Morgan fingerprint density at radius 1 is 1.39 bits per heavy atom. The van der Waals surface area contributed by atoms with Crippen molar-refractivity contribution in [3.05, 3.63) is 35.6 Å². The maximum Gasteiger partial charge on any atom is 0.244 e. The third kappa shape index (κ3) is 3.54. The summed E-state index contributed by atoms with van der Waals surface area (Å²) in [6.45, 7) is 4.16. The molecule has 1 aromatic rings. The minimum atomic E-state index is -0.578. The molecule has 1 N–H and O–H groups in total. The number of nitrogens with one attached hydrogen (secondary N) is 1. The third-order valence-corrected chi connectivity index (χ3v) is 4.77. The zero-order valence-corrected chi connectivity index (χ0v) is 13.5. The topological polar surface area (TPSA) is 44.8 Å². The van der Waals surface area contributed by atoms with E-state index in [0.29, 0.717) is 31.9 Å². The van der Waals surface area contributed by atoms with Crippen LogP contribution in [-0.2, 0) is 9.53 Å². The molecule has 6 heteroatoms. The lowest BCUT2D eigenvalue weighted by Crippen LogP contribution is -2.49. The molecule has 2 aliphatic rings. The highest BCUT2D eigenvalue weighted by Crippen LogP contribution is 2.27. The summed E-state index contributed by atoms with van der Waals surface area (Å²) in [4.78, 5) is 16.9. The van der Waals surface area contributed by atoms with Crippen molar-refractivity contribution in [1.82, 2.24) is 15.1 Å². The summed E-state index contributed by atoms with van der Waals surface area (Å²) in [5.41, 5.74) is 0.456. The Balaban J connectivity index is 1.87. The van der Waals surface area contributed by atoms with E-state index in [1.165, 1.54) is 6.07 Å². The molecule has 0 aliphatic carbocycles. The standard InChI is InChI=1S/C17H24FN3O2/c1-20(13-6-7-19-12-13)17(22)16(21-8-10-23-11-9-21)14-4-2-3-5-15(14)18/h2-5,13,16,19H,6-12H2,1H3/t13-,16-/m0/s1. The molecule has 0 radical (unpaired) electrons. The average Bonchev–Trinajstić information content (AvgIpc) is 3.11. The van der Waals surface area contributed by atoms with Crippen LogP contribution in [0.2, 0.25) is 0 Å². The van der Waals surface area contributed by atoms with Gasteiger partial charge in [0.05, 0.1) is 13.2 Å². The summed E-state index contributed by atoms with van der Waals surface area (Å²) >= 11 is 0. The maximum absolute atomic E-state index is 14.4. The minimum absolute atomic E-state index is 0.0364. The van der Waals surface area contributed by atoms with Crippen LogP contribution in [0.5, 0.6) is 0 Å². The van der Waals surface area contributed by atoms with E-state index in [2.05, 4.69) is 5.32 Å². The summed E-state index contributed by atoms with van der Waals surface area (Å²) in [5.74, 6) is -0.360. The van der Waals surface area contributed by atoms with Crippen LogP contribution < -0.4 is 5.32 Å². The van der Waals surface area contributed by atoms with Crippen LogP contribution in [0.25, 0.3) is 0 Å². The quantitative estimate of drug-likeness (QED) is 0.899. The normalized spacial score (nSPS) is 23.7. The van der Waals surface area contributed by atoms with Gasteiger partial charge in [0.25, 0.3) is 0 Å². The lowest BCUT2D eigenvalue weighted by molar-refractivity contribution is -0.139. The molecule has 1 aromatic carbocycles. The fourth-order valence-electron chi connectivity index (χ4n) is 3.36. The molecule has 2 fully saturated rings. The van der Waals surface area contributed by atoms with Crippen LogP contribution in [0.1, 0.15) is 18.0 Å². The van der Waals surface area contributed by atoms with Gasteiger partial charge in [-0.25, -0.2) is 4.39 Å². The molecule has 2 aliphatic heterocycles. The van der Waals surface area contributed by atoms with Crippen LogP contribution in [0.3, 0.4) is 0 Å². The molecule has 5 nitrogen and oxygen atoms in total. The van der Waals surface area contributed by atoms with Gasteiger partial charge in [-0.3, -0.25) is 9.69 Å². The number of carbonyl (C=O) groups is 1. The zero-order valence-electron chi connectivity index (χ0n) is 13.5. The molecule has 0 saturated carbocycles. The Morgan fingerprint density at radius 3 is 2.78 bits per heavy atom. The fraction of sp³-hybridized carbons (Fsp3) is 0.588. The van der Waals surface area contributed by atoms with E-state index in [0.717, 1.165) is 19.5 Å². The molecule has 2 heterocycles. The van der Waals surface area contributed by atoms with E-state index in [-0.39, 0.29) is 17.8 Å². The Bertz CT molecular complexity index is 542. The lowest BCUT2D eigenvalue weighted by Gasteiger charge is -2.37. The largest absolute Gasteiger partial charge is 0.379 e. The van der Waals surface area contributed by atoms with E-state index in [1.807, 2.05) is 11.9 Å². The van der Waals surface area contributed by atoms with Crippen LogP contribution >= 0.6 is 0 Å². The molecule has 2 atom stereocenters. The lowest BCUT2D eigenvalue weighted by atomic mass is 10.0. The van der Waals surface area contributed by atoms with E-state index < -0.39 is 6.04 Å². The second kappa shape index (κ2) is 7.38. The van der Waals surface area contributed by atoms with Gasteiger partial charge in [0.15, 0.2) is 0 Å². The summed E-state index contributed by atoms with van der Waals surface area (Å²) in [6, 6.07) is 6.19. The van der Waals surface area contributed by atoms with Gasteiger partial charge < -0.3 is 15.0 Å². The number of ether oxygens (including phenoxy) is 1. The number of halogens is 1. The number of nitrogens with zero attached hydrogens (tertiary/aromatic N) is 2. The summed E-state index contributed by atoms with van der Waals surface area (Å²) in [6.07, 6.45) is 0.940. The van der Waals surface area contributed by atoms with Crippen molar-refractivity contribution < 1.29 is 13.9 Å². The fourth-order valence-corrected chi connectivity index (χ4v) is 3.36. The highest BCUT2D eigenvalue weighted by molar-refractivity contribution is 5.83. The number of likely N-dealkylation sites (N-methyl/N-ethyl adjacent to an activating group) is 1. The monoisotopic (exact) mass is 321 g/mol. The summed E-state index contributed by atoms with van der Waals surface area (Å²) in [5, 5.41) is 3.28. The van der Waals surface area contributed by atoms with Gasteiger partial charge in [-0.05, 0) is 19.0 Å². The number of amides is 1. The Hall–Kier alpha value is -1.50. The van der Waals surface area contributed by atoms with Crippen molar-refractivity contribution in [2.45, 2.75) is 18.5 Å². The Labute approximate surface area is 136 Å². The Kier molecular flexibility index (Phi) is 5.25. The molecule has 3 rings (SSSR count). The van der Waals surface area contributed by atoms with Gasteiger partial charge in [-0.1, -0.05) is 18.2 Å². The minimum Gasteiger partial charge on any atom is -0.379 e. The van der Waals surface area contributed by atoms with Crippen molar-refractivity contribution >= 4 is 5.91 Å². The SMILES string of the molecule is CN(C(=O)[C@H](c1ccccc1F)N1CCOCC1)[C@H]1CCNC1. The molecule has 0 aromatic heterocycles. The van der Waals surface area contributed by atoms with Crippen molar-refractivity contribution in [1.29, 1.82) is 0 Å². The van der Waals surface area contributed by atoms with Crippen LogP contribution in [0.15, 0.2) is 24.3 Å². The summed E-state index contributed by atoms with van der Waals surface area (Å²) < 4.78 is 19.7. The van der Waals surface area contributed by atoms with Crippen molar-refractivity contribution in [3.63, 3.8) is 0 Å².